The molecule has 3 heteroatoms. The molecule has 0 unspecified atom stereocenters. The fraction of sp³-hybridized carbons (Fsp3) is 0.167. The standard InChI is InChI=1S/C12H12O3/c1-2-9-4-6-12(15-9)8-3-5-10(13)11(14)7-8/h3-7,13-14H,2H2,1H3. The predicted molar refractivity (Wildman–Crippen MR) is 56.9 cm³/mol. The molecule has 0 saturated carbocycles. The van der Waals surface area contributed by atoms with Crippen LogP contribution in [0.4, 0.5) is 0 Å². The minimum Gasteiger partial charge on any atom is -0.504 e. The lowest BCUT2D eigenvalue weighted by Gasteiger charge is -2.00. The largest absolute Gasteiger partial charge is 0.504 e. The van der Waals surface area contributed by atoms with Crippen molar-refractivity contribution in [3.63, 3.8) is 0 Å². The molecule has 2 aromatic rings. The molecule has 3 nitrogen and oxygen atoms in total. The van der Waals surface area contributed by atoms with E-state index in [0.717, 1.165) is 17.7 Å². The van der Waals surface area contributed by atoms with E-state index >= 15 is 0 Å². The number of phenols is 2. The molecule has 78 valence electrons. The SMILES string of the molecule is CCc1ccc(-c2ccc(O)c(O)c2)o1. The fourth-order valence-electron chi connectivity index (χ4n) is 1.40. The van der Waals surface area contributed by atoms with E-state index in [1.807, 2.05) is 19.1 Å². The van der Waals surface area contributed by atoms with Crippen LogP contribution in [0.5, 0.6) is 11.5 Å². The van der Waals surface area contributed by atoms with Crippen LogP contribution in [-0.2, 0) is 6.42 Å². The molecular weight excluding hydrogens is 192 g/mol. The first-order valence-electron chi connectivity index (χ1n) is 4.81. The summed E-state index contributed by atoms with van der Waals surface area (Å²) in [5, 5.41) is 18.5. The average Bonchev–Trinajstić information content (AvgIpc) is 2.70. The number of hydrogen-bond acceptors (Lipinski definition) is 3. The molecule has 0 aliphatic heterocycles. The van der Waals surface area contributed by atoms with E-state index in [-0.39, 0.29) is 11.5 Å². The Hall–Kier alpha value is -1.90. The minimum absolute atomic E-state index is 0.124. The molecule has 1 aromatic carbocycles. The number of phenolic OH excluding ortho intramolecular Hbond substituents is 2. The van der Waals surface area contributed by atoms with E-state index in [2.05, 4.69) is 0 Å². The molecule has 0 spiro atoms. The van der Waals surface area contributed by atoms with E-state index in [9.17, 15) is 5.11 Å². The van der Waals surface area contributed by atoms with Gasteiger partial charge in [-0.05, 0) is 30.3 Å². The molecule has 0 aliphatic rings. The molecule has 0 amide bonds. The molecule has 1 heterocycles. The Morgan fingerprint density at radius 3 is 2.47 bits per heavy atom. The van der Waals surface area contributed by atoms with Gasteiger partial charge in [0.2, 0.25) is 0 Å². The van der Waals surface area contributed by atoms with Gasteiger partial charge >= 0.3 is 0 Å². The van der Waals surface area contributed by atoms with Crippen LogP contribution in [-0.4, -0.2) is 10.2 Å². The van der Waals surface area contributed by atoms with Crippen LogP contribution < -0.4 is 0 Å². The van der Waals surface area contributed by atoms with Gasteiger partial charge in [0, 0.05) is 12.0 Å². The van der Waals surface area contributed by atoms with Crippen LogP contribution in [0.3, 0.4) is 0 Å². The zero-order chi connectivity index (χ0) is 10.8. The molecule has 2 N–H and O–H groups in total. The first-order chi connectivity index (χ1) is 7.20. The lowest BCUT2D eigenvalue weighted by molar-refractivity contribution is 0.403. The van der Waals surface area contributed by atoms with Gasteiger partial charge in [0.15, 0.2) is 11.5 Å². The van der Waals surface area contributed by atoms with Crippen molar-refractivity contribution in [3.05, 3.63) is 36.1 Å². The van der Waals surface area contributed by atoms with Gasteiger partial charge in [0.05, 0.1) is 0 Å². The Morgan fingerprint density at radius 2 is 1.87 bits per heavy atom. The highest BCUT2D eigenvalue weighted by Gasteiger charge is 2.06. The number of benzene rings is 1. The Labute approximate surface area is 87.6 Å². The van der Waals surface area contributed by atoms with Crippen LogP contribution in [0.15, 0.2) is 34.7 Å². The van der Waals surface area contributed by atoms with Crippen molar-refractivity contribution < 1.29 is 14.6 Å². The summed E-state index contributed by atoms with van der Waals surface area (Å²) in [6.07, 6.45) is 0.837. The molecule has 0 radical (unpaired) electrons. The van der Waals surface area contributed by atoms with Crippen LogP contribution in [0.2, 0.25) is 0 Å². The summed E-state index contributed by atoms with van der Waals surface area (Å²) in [5.41, 5.74) is 0.755. The summed E-state index contributed by atoms with van der Waals surface area (Å²) < 4.78 is 5.52. The summed E-state index contributed by atoms with van der Waals surface area (Å²) in [7, 11) is 0. The average molecular weight is 204 g/mol. The maximum Gasteiger partial charge on any atom is 0.158 e. The van der Waals surface area contributed by atoms with Crippen molar-refractivity contribution in [2.75, 3.05) is 0 Å². The zero-order valence-corrected chi connectivity index (χ0v) is 8.40. The van der Waals surface area contributed by atoms with E-state index in [1.54, 1.807) is 6.07 Å². The third-order valence-electron chi connectivity index (χ3n) is 2.27. The Balaban J connectivity index is 2.40. The molecule has 0 bridgehead atoms. The first kappa shape index (κ1) is 9.65. The highest BCUT2D eigenvalue weighted by atomic mass is 16.3. The second kappa shape index (κ2) is 3.69. The van der Waals surface area contributed by atoms with Gasteiger partial charge < -0.3 is 14.6 Å². The lowest BCUT2D eigenvalue weighted by Crippen LogP contribution is -1.75. The van der Waals surface area contributed by atoms with Gasteiger partial charge in [-0.1, -0.05) is 6.92 Å². The first-order valence-corrected chi connectivity index (χ1v) is 4.81. The minimum atomic E-state index is -0.137. The van der Waals surface area contributed by atoms with Crippen LogP contribution in [0.25, 0.3) is 11.3 Å². The van der Waals surface area contributed by atoms with Crippen molar-refractivity contribution >= 4 is 0 Å². The van der Waals surface area contributed by atoms with Gasteiger partial charge in [-0.25, -0.2) is 0 Å². The maximum absolute atomic E-state index is 9.33. The van der Waals surface area contributed by atoms with Crippen LogP contribution >= 0.6 is 0 Å². The lowest BCUT2D eigenvalue weighted by atomic mass is 10.1. The van der Waals surface area contributed by atoms with E-state index in [0.29, 0.717) is 5.76 Å². The van der Waals surface area contributed by atoms with E-state index in [4.69, 9.17) is 9.52 Å². The highest BCUT2D eigenvalue weighted by Crippen LogP contribution is 2.31. The summed E-state index contributed by atoms with van der Waals surface area (Å²) in [4.78, 5) is 0. The molecule has 0 saturated heterocycles. The van der Waals surface area contributed by atoms with Crippen molar-refractivity contribution in [1.29, 1.82) is 0 Å². The fourth-order valence-corrected chi connectivity index (χ4v) is 1.40. The number of aryl methyl sites for hydroxylation is 1. The second-order valence-corrected chi connectivity index (χ2v) is 3.32. The topological polar surface area (TPSA) is 53.6 Å². The van der Waals surface area contributed by atoms with Crippen LogP contribution in [0, 0.1) is 0 Å². The smallest absolute Gasteiger partial charge is 0.158 e. The zero-order valence-electron chi connectivity index (χ0n) is 8.40. The van der Waals surface area contributed by atoms with Gasteiger partial charge in [0.25, 0.3) is 0 Å². The predicted octanol–water partition coefficient (Wildman–Crippen LogP) is 2.92. The number of furan rings is 1. The summed E-state index contributed by atoms with van der Waals surface area (Å²) in [6.45, 7) is 2.01. The Kier molecular flexibility index (Phi) is 2.37. The number of hydrogen-bond donors (Lipinski definition) is 2. The van der Waals surface area contributed by atoms with Crippen molar-refractivity contribution in [2.45, 2.75) is 13.3 Å². The van der Waals surface area contributed by atoms with Crippen molar-refractivity contribution in [3.8, 4) is 22.8 Å². The summed E-state index contributed by atoms with van der Waals surface area (Å²) in [5.74, 6) is 1.34. The monoisotopic (exact) mass is 204 g/mol. The van der Waals surface area contributed by atoms with Crippen molar-refractivity contribution in [1.82, 2.24) is 0 Å². The summed E-state index contributed by atoms with van der Waals surface area (Å²) in [6, 6.07) is 8.38. The Bertz CT molecular complexity index is 471. The molecule has 1 aromatic heterocycles. The second-order valence-electron chi connectivity index (χ2n) is 3.32. The normalized spacial score (nSPS) is 10.5. The molecule has 0 fully saturated rings. The molecule has 0 aliphatic carbocycles. The van der Waals surface area contributed by atoms with Crippen LogP contribution in [0.1, 0.15) is 12.7 Å². The van der Waals surface area contributed by atoms with Gasteiger partial charge in [-0.15, -0.1) is 0 Å². The Morgan fingerprint density at radius 1 is 1.07 bits per heavy atom. The highest BCUT2D eigenvalue weighted by molar-refractivity contribution is 5.62. The van der Waals surface area contributed by atoms with E-state index in [1.165, 1.54) is 12.1 Å². The third-order valence-corrected chi connectivity index (χ3v) is 2.27. The molecule has 0 atom stereocenters. The molecular formula is C12H12O3. The van der Waals surface area contributed by atoms with Gasteiger partial charge in [-0.2, -0.15) is 0 Å². The quantitative estimate of drug-likeness (QED) is 0.739. The van der Waals surface area contributed by atoms with E-state index < -0.39 is 0 Å². The van der Waals surface area contributed by atoms with Gasteiger partial charge in [0.1, 0.15) is 11.5 Å². The van der Waals surface area contributed by atoms with Crippen molar-refractivity contribution in [2.24, 2.45) is 0 Å². The molecule has 15 heavy (non-hydrogen) atoms. The third kappa shape index (κ3) is 1.81. The molecule has 2 rings (SSSR count). The maximum atomic E-state index is 9.33. The van der Waals surface area contributed by atoms with Gasteiger partial charge in [-0.3, -0.25) is 0 Å². The summed E-state index contributed by atoms with van der Waals surface area (Å²) >= 11 is 0. The number of rotatable bonds is 2. The number of aromatic hydroxyl groups is 2.